The molecule has 0 aromatic rings. The Balaban J connectivity index is 2.78. The summed E-state index contributed by atoms with van der Waals surface area (Å²) in [5.74, 6) is -0.434. The van der Waals surface area contributed by atoms with Gasteiger partial charge in [-0.2, -0.15) is 0 Å². The molecular formula is C8H13N2O2S+. The van der Waals surface area contributed by atoms with Crippen LogP contribution in [0.4, 0.5) is 0 Å². The van der Waals surface area contributed by atoms with E-state index >= 15 is 0 Å². The summed E-state index contributed by atoms with van der Waals surface area (Å²) in [5.41, 5.74) is 0. The fourth-order valence-electron chi connectivity index (χ4n) is 1.30. The molecule has 1 aliphatic rings. The van der Waals surface area contributed by atoms with Gasteiger partial charge in [-0.15, -0.1) is 11.8 Å². The lowest BCUT2D eigenvalue weighted by atomic mass is 10.1. The largest absolute Gasteiger partial charge is 0.458 e. The van der Waals surface area contributed by atoms with Gasteiger partial charge >= 0.3 is 5.91 Å². The first-order chi connectivity index (χ1) is 6.06. The minimum absolute atomic E-state index is 0.142. The zero-order chi connectivity index (χ0) is 10.0. The van der Waals surface area contributed by atoms with Crippen molar-refractivity contribution < 1.29 is 9.55 Å². The van der Waals surface area contributed by atoms with Crippen LogP contribution in [0.5, 0.6) is 0 Å². The van der Waals surface area contributed by atoms with E-state index in [1.165, 1.54) is 7.05 Å². The van der Waals surface area contributed by atoms with Crippen LogP contribution in [0.25, 0.3) is 0 Å². The normalized spacial score (nSPS) is 27.2. The van der Waals surface area contributed by atoms with Gasteiger partial charge < -0.3 is 0 Å². The predicted molar refractivity (Wildman–Crippen MR) is 53.1 cm³/mol. The lowest BCUT2D eigenvalue weighted by molar-refractivity contribution is -0.440. The summed E-state index contributed by atoms with van der Waals surface area (Å²) in [6, 6.07) is -0.461. The van der Waals surface area contributed by atoms with E-state index < -0.39 is 11.9 Å². The molecule has 2 unspecified atom stereocenters. The Morgan fingerprint density at radius 3 is 2.77 bits per heavy atom. The highest BCUT2D eigenvalue weighted by Gasteiger charge is 2.40. The molecule has 0 aromatic heterocycles. The Labute approximate surface area is 81.4 Å². The highest BCUT2D eigenvalue weighted by Crippen LogP contribution is 2.29. The molecule has 0 saturated carbocycles. The summed E-state index contributed by atoms with van der Waals surface area (Å²) in [6.45, 7) is 3.86. The topological polar surface area (TPSA) is 49.5 Å². The first-order valence-electron chi connectivity index (χ1n) is 4.22. The van der Waals surface area contributed by atoms with Gasteiger partial charge in [-0.05, 0) is 13.3 Å². The van der Waals surface area contributed by atoms with Crippen LogP contribution in [0.2, 0.25) is 0 Å². The summed E-state index contributed by atoms with van der Waals surface area (Å²) < 4.78 is 0.371. The van der Waals surface area contributed by atoms with Crippen LogP contribution < -0.4 is 0 Å². The third-order valence-electron chi connectivity index (χ3n) is 1.96. The summed E-state index contributed by atoms with van der Waals surface area (Å²) in [7, 11) is 1.23. The maximum Gasteiger partial charge on any atom is 0.458 e. The van der Waals surface area contributed by atoms with Crippen LogP contribution in [-0.4, -0.2) is 34.1 Å². The van der Waals surface area contributed by atoms with Gasteiger partial charge in [0.05, 0.1) is 9.80 Å². The maximum atomic E-state index is 11.4. The number of carbonyl (C=O) groups excluding carboxylic acids is 1. The second kappa shape index (κ2) is 4.00. The minimum atomic E-state index is -0.461. The summed E-state index contributed by atoms with van der Waals surface area (Å²) >= 11 is 1.58. The summed E-state index contributed by atoms with van der Waals surface area (Å²) in [6.07, 6.45) is 0.857. The smallest absolute Gasteiger partial charge is 0.263 e. The highest BCUT2D eigenvalue weighted by molar-refractivity contribution is 8.14. The summed E-state index contributed by atoms with van der Waals surface area (Å²) in [4.78, 5) is 26.3. The van der Waals surface area contributed by atoms with Crippen molar-refractivity contribution in [3.63, 3.8) is 0 Å². The summed E-state index contributed by atoms with van der Waals surface area (Å²) in [5, 5.41) is 1.04. The number of likely N-dealkylation sites (N-methyl/N-ethyl adjacent to an activating group) is 1. The first-order valence-corrected chi connectivity index (χ1v) is 5.10. The van der Waals surface area contributed by atoms with E-state index in [0.717, 1.165) is 11.5 Å². The van der Waals surface area contributed by atoms with Crippen molar-refractivity contribution in [1.29, 1.82) is 0 Å². The molecule has 0 radical (unpaired) electrons. The fourth-order valence-corrected chi connectivity index (χ4v) is 2.39. The molecule has 0 bridgehead atoms. The van der Waals surface area contributed by atoms with Crippen LogP contribution in [0.3, 0.4) is 0 Å². The van der Waals surface area contributed by atoms with Gasteiger partial charge in [-0.25, -0.2) is 4.79 Å². The quantitative estimate of drug-likeness (QED) is 0.631. The van der Waals surface area contributed by atoms with Crippen molar-refractivity contribution in [2.24, 2.45) is 4.99 Å². The van der Waals surface area contributed by atoms with Gasteiger partial charge in [0.2, 0.25) is 0 Å². The van der Waals surface area contributed by atoms with Gasteiger partial charge in [-0.3, -0.25) is 4.99 Å². The van der Waals surface area contributed by atoms with Crippen molar-refractivity contribution in [2.45, 2.75) is 31.6 Å². The minimum Gasteiger partial charge on any atom is -0.263 e. The number of rotatable bonds is 2. The van der Waals surface area contributed by atoms with Crippen molar-refractivity contribution in [3.05, 3.63) is 4.91 Å². The Kier molecular flexibility index (Phi) is 3.19. The molecule has 1 amide bonds. The number of hydrogen-bond donors (Lipinski definition) is 0. The molecule has 0 saturated heterocycles. The van der Waals surface area contributed by atoms with Gasteiger partial charge in [-0.1, -0.05) is 6.92 Å². The van der Waals surface area contributed by atoms with Crippen LogP contribution in [-0.2, 0) is 4.79 Å². The van der Waals surface area contributed by atoms with E-state index in [0.29, 0.717) is 4.76 Å². The molecule has 2 atom stereocenters. The zero-order valence-corrected chi connectivity index (χ0v) is 8.80. The second-order valence-electron chi connectivity index (χ2n) is 2.99. The number of aliphatic imine (C=N–C) groups is 1. The van der Waals surface area contributed by atoms with E-state index in [-0.39, 0.29) is 5.25 Å². The van der Waals surface area contributed by atoms with Crippen LogP contribution >= 0.6 is 11.8 Å². The lowest BCUT2D eigenvalue weighted by Gasteiger charge is -2.07. The highest BCUT2D eigenvalue weighted by atomic mass is 32.2. The molecule has 4 nitrogen and oxygen atoms in total. The van der Waals surface area contributed by atoms with E-state index in [2.05, 4.69) is 4.99 Å². The van der Waals surface area contributed by atoms with Gasteiger partial charge in [0, 0.05) is 10.2 Å². The third-order valence-corrected chi connectivity index (χ3v) is 3.30. The molecule has 1 rings (SSSR count). The number of hydrogen-bond acceptors (Lipinski definition) is 4. The molecule has 0 spiro atoms. The molecule has 0 N–H and O–H groups in total. The van der Waals surface area contributed by atoms with E-state index in [4.69, 9.17) is 0 Å². The lowest BCUT2D eigenvalue weighted by Crippen LogP contribution is -2.32. The second-order valence-corrected chi connectivity index (χ2v) is 4.43. The SMILES string of the molecule is CCC1SC(C)=NC1C(=O)[N+](C)=O. The first kappa shape index (κ1) is 10.4. The average molecular weight is 201 g/mol. The van der Waals surface area contributed by atoms with Crippen LogP contribution in [0.15, 0.2) is 4.99 Å². The molecule has 72 valence electrons. The zero-order valence-electron chi connectivity index (χ0n) is 7.98. The van der Waals surface area contributed by atoms with Crippen molar-refractivity contribution in [2.75, 3.05) is 7.05 Å². The third kappa shape index (κ3) is 2.15. The van der Waals surface area contributed by atoms with Crippen molar-refractivity contribution in [3.8, 4) is 0 Å². The molecule has 5 heteroatoms. The monoisotopic (exact) mass is 201 g/mol. The fraction of sp³-hybridized carbons (Fsp3) is 0.750. The Morgan fingerprint density at radius 2 is 2.31 bits per heavy atom. The van der Waals surface area contributed by atoms with Gasteiger partial charge in [0.1, 0.15) is 0 Å². The Morgan fingerprint density at radius 1 is 1.69 bits per heavy atom. The molecule has 1 aliphatic heterocycles. The standard InChI is InChI=1S/C8H13N2O2S/c1-4-6-7(8(11)10(3)12)9-5(2)13-6/h6-7H,4H2,1-3H3/q+1. The molecule has 0 aliphatic carbocycles. The average Bonchev–Trinajstić information content (AvgIpc) is 2.45. The predicted octanol–water partition coefficient (Wildman–Crippen LogP) is 1.23. The van der Waals surface area contributed by atoms with Crippen molar-refractivity contribution >= 4 is 22.7 Å². The van der Waals surface area contributed by atoms with Gasteiger partial charge in [0.25, 0.3) is 0 Å². The number of carbonyl (C=O) groups is 1. The number of nitrogens with zero attached hydrogens (tertiary/aromatic N) is 2. The number of amides is 1. The Bertz CT molecular complexity index is 275. The number of thioether (sulfide) groups is 1. The number of nitroso groups, excluding NO2 is 1. The molecule has 1 heterocycles. The van der Waals surface area contributed by atoms with E-state index in [1.807, 2.05) is 13.8 Å². The molecule has 13 heavy (non-hydrogen) atoms. The van der Waals surface area contributed by atoms with E-state index in [1.54, 1.807) is 11.8 Å². The van der Waals surface area contributed by atoms with Gasteiger partial charge in [0.15, 0.2) is 13.1 Å². The van der Waals surface area contributed by atoms with Crippen LogP contribution in [0.1, 0.15) is 20.3 Å². The van der Waals surface area contributed by atoms with Crippen molar-refractivity contribution in [1.82, 2.24) is 0 Å². The Hall–Kier alpha value is -0.710. The van der Waals surface area contributed by atoms with Crippen LogP contribution in [0, 0.1) is 4.91 Å². The van der Waals surface area contributed by atoms with E-state index in [9.17, 15) is 9.70 Å². The maximum absolute atomic E-state index is 11.4. The molecule has 0 aromatic carbocycles. The molecular weight excluding hydrogens is 188 g/mol. The molecule has 0 fully saturated rings.